The van der Waals surface area contributed by atoms with Crippen molar-refractivity contribution in [1.82, 2.24) is 4.98 Å². The summed E-state index contributed by atoms with van der Waals surface area (Å²) in [6.07, 6.45) is 1.40. The molecule has 0 amide bonds. The summed E-state index contributed by atoms with van der Waals surface area (Å²) in [5, 5.41) is 8.76. The molecular weight excluding hydrogens is 238 g/mol. The molecular formula is C15H15N3O. The maximum Gasteiger partial charge on any atom is 0.155 e. The average Bonchev–Trinajstić information content (AvgIpc) is 2.46. The maximum atomic E-state index is 8.76. The number of hydrogen-bond donors (Lipinski definition) is 1. The molecule has 2 atom stereocenters. The number of ether oxygens (including phenoxy) is 1. The molecule has 0 saturated heterocycles. The Morgan fingerprint density at radius 2 is 1.95 bits per heavy atom. The summed E-state index contributed by atoms with van der Waals surface area (Å²) in [6, 6.07) is 14.5. The van der Waals surface area contributed by atoms with Gasteiger partial charge in [-0.3, -0.25) is 4.98 Å². The Balaban J connectivity index is 2.20. The lowest BCUT2D eigenvalue weighted by molar-refractivity contribution is 0.176. The van der Waals surface area contributed by atoms with Crippen LogP contribution >= 0.6 is 0 Å². The highest BCUT2D eigenvalue weighted by Gasteiger charge is 2.19. The predicted molar refractivity (Wildman–Crippen MR) is 72.4 cm³/mol. The molecule has 4 heteroatoms. The van der Waals surface area contributed by atoms with Crippen LogP contribution in [-0.4, -0.2) is 11.0 Å². The van der Waals surface area contributed by atoms with Crippen molar-refractivity contribution in [3.8, 4) is 11.8 Å². The fraction of sp³-hybridized carbons (Fsp3) is 0.200. The SMILES string of the molecule is CC(N)C(Oc1ccc(C#N)cc1)c1ccccn1. The van der Waals surface area contributed by atoms with Gasteiger partial charge in [-0.2, -0.15) is 5.26 Å². The molecule has 0 fully saturated rings. The standard InChI is InChI=1S/C15H15N3O/c1-11(17)15(14-4-2-3-9-18-14)19-13-7-5-12(10-16)6-8-13/h2-9,11,15H,17H2,1H3. The van der Waals surface area contributed by atoms with Gasteiger partial charge in [0.25, 0.3) is 0 Å². The van der Waals surface area contributed by atoms with E-state index >= 15 is 0 Å². The molecule has 0 aliphatic carbocycles. The Morgan fingerprint density at radius 1 is 1.21 bits per heavy atom. The number of nitriles is 1. The van der Waals surface area contributed by atoms with Gasteiger partial charge in [-0.05, 0) is 43.3 Å². The number of nitrogens with two attached hydrogens (primary N) is 1. The van der Waals surface area contributed by atoms with Crippen LogP contribution in [0.25, 0.3) is 0 Å². The van der Waals surface area contributed by atoms with Gasteiger partial charge in [0.1, 0.15) is 5.75 Å². The topological polar surface area (TPSA) is 71.9 Å². The quantitative estimate of drug-likeness (QED) is 0.908. The van der Waals surface area contributed by atoms with Gasteiger partial charge in [0.2, 0.25) is 0 Å². The van der Waals surface area contributed by atoms with Crippen molar-refractivity contribution in [1.29, 1.82) is 5.26 Å². The molecule has 2 unspecified atom stereocenters. The van der Waals surface area contributed by atoms with Gasteiger partial charge in [-0.1, -0.05) is 6.07 Å². The van der Waals surface area contributed by atoms with Gasteiger partial charge in [0.15, 0.2) is 6.10 Å². The minimum absolute atomic E-state index is 0.189. The third kappa shape index (κ3) is 3.30. The van der Waals surface area contributed by atoms with E-state index in [9.17, 15) is 0 Å². The third-order valence-corrected chi connectivity index (χ3v) is 2.70. The van der Waals surface area contributed by atoms with Crippen molar-refractivity contribution in [3.05, 3.63) is 59.9 Å². The lowest BCUT2D eigenvalue weighted by Gasteiger charge is -2.22. The molecule has 2 N–H and O–H groups in total. The van der Waals surface area contributed by atoms with Crippen molar-refractivity contribution in [2.45, 2.75) is 19.1 Å². The molecule has 0 spiro atoms. The normalized spacial score (nSPS) is 13.3. The monoisotopic (exact) mass is 253 g/mol. The second-order valence-electron chi connectivity index (χ2n) is 4.29. The lowest BCUT2D eigenvalue weighted by Crippen LogP contribution is -2.29. The largest absolute Gasteiger partial charge is 0.483 e. The number of hydrogen-bond acceptors (Lipinski definition) is 4. The number of nitrogens with zero attached hydrogens (tertiary/aromatic N) is 2. The maximum absolute atomic E-state index is 8.76. The molecule has 2 rings (SSSR count). The van der Waals surface area contributed by atoms with Crippen LogP contribution in [0.4, 0.5) is 0 Å². The molecule has 19 heavy (non-hydrogen) atoms. The Hall–Kier alpha value is -2.38. The Kier molecular flexibility index (Phi) is 4.11. The highest BCUT2D eigenvalue weighted by atomic mass is 16.5. The van der Waals surface area contributed by atoms with E-state index < -0.39 is 0 Å². The highest BCUT2D eigenvalue weighted by molar-refractivity contribution is 5.34. The predicted octanol–water partition coefficient (Wildman–Crippen LogP) is 2.42. The Morgan fingerprint density at radius 3 is 2.47 bits per heavy atom. The number of rotatable bonds is 4. The van der Waals surface area contributed by atoms with Crippen molar-refractivity contribution in [3.63, 3.8) is 0 Å². The van der Waals surface area contributed by atoms with Crippen LogP contribution in [0.5, 0.6) is 5.75 Å². The number of pyridine rings is 1. The van der Waals surface area contributed by atoms with Crippen molar-refractivity contribution >= 4 is 0 Å². The fourth-order valence-corrected chi connectivity index (χ4v) is 1.74. The van der Waals surface area contributed by atoms with E-state index in [1.165, 1.54) is 0 Å². The first-order chi connectivity index (χ1) is 9.20. The van der Waals surface area contributed by atoms with Crippen LogP contribution in [0.1, 0.15) is 24.3 Å². The first-order valence-electron chi connectivity index (χ1n) is 6.04. The Bertz CT molecular complexity index is 558. The number of benzene rings is 1. The second-order valence-corrected chi connectivity index (χ2v) is 4.29. The summed E-state index contributed by atoms with van der Waals surface area (Å²) in [7, 11) is 0. The number of aromatic nitrogens is 1. The summed E-state index contributed by atoms with van der Waals surface area (Å²) < 4.78 is 5.86. The summed E-state index contributed by atoms with van der Waals surface area (Å²) in [4.78, 5) is 4.27. The van der Waals surface area contributed by atoms with Gasteiger partial charge in [0.05, 0.1) is 17.3 Å². The molecule has 0 bridgehead atoms. The highest BCUT2D eigenvalue weighted by Crippen LogP contribution is 2.23. The van der Waals surface area contributed by atoms with Crippen LogP contribution in [0.3, 0.4) is 0 Å². The molecule has 0 aliphatic heterocycles. The van der Waals surface area contributed by atoms with Crippen LogP contribution in [0.15, 0.2) is 48.7 Å². The van der Waals surface area contributed by atoms with E-state index in [0.717, 1.165) is 5.69 Å². The summed E-state index contributed by atoms with van der Waals surface area (Å²) in [5.41, 5.74) is 7.35. The van der Waals surface area contributed by atoms with Crippen LogP contribution in [0.2, 0.25) is 0 Å². The van der Waals surface area contributed by atoms with Crippen molar-refractivity contribution in [2.24, 2.45) is 5.73 Å². The molecule has 1 aromatic carbocycles. The summed E-state index contributed by atoms with van der Waals surface area (Å²) in [5.74, 6) is 0.673. The first-order valence-corrected chi connectivity index (χ1v) is 6.04. The average molecular weight is 253 g/mol. The van der Waals surface area contributed by atoms with Crippen LogP contribution in [-0.2, 0) is 0 Å². The van der Waals surface area contributed by atoms with E-state index in [-0.39, 0.29) is 12.1 Å². The van der Waals surface area contributed by atoms with Gasteiger partial charge in [0, 0.05) is 12.2 Å². The van der Waals surface area contributed by atoms with E-state index in [4.69, 9.17) is 15.7 Å². The zero-order valence-corrected chi connectivity index (χ0v) is 10.7. The van der Waals surface area contributed by atoms with Crippen LogP contribution in [0, 0.1) is 11.3 Å². The molecule has 2 aromatic rings. The zero-order valence-electron chi connectivity index (χ0n) is 10.7. The molecule has 0 aliphatic rings. The minimum Gasteiger partial charge on any atom is -0.483 e. The second kappa shape index (κ2) is 5.98. The summed E-state index contributed by atoms with van der Waals surface area (Å²) >= 11 is 0. The molecule has 0 radical (unpaired) electrons. The molecule has 0 saturated carbocycles. The zero-order chi connectivity index (χ0) is 13.7. The van der Waals surface area contributed by atoms with Gasteiger partial charge in [-0.15, -0.1) is 0 Å². The van der Waals surface area contributed by atoms with Gasteiger partial charge < -0.3 is 10.5 Å². The first kappa shape index (κ1) is 13.1. The van der Waals surface area contributed by atoms with E-state index in [1.807, 2.05) is 25.1 Å². The van der Waals surface area contributed by atoms with Crippen molar-refractivity contribution < 1.29 is 4.74 Å². The molecule has 1 heterocycles. The van der Waals surface area contributed by atoms with E-state index in [1.54, 1.807) is 30.5 Å². The third-order valence-electron chi connectivity index (χ3n) is 2.70. The molecule has 96 valence electrons. The Labute approximate surface area is 112 Å². The molecule has 1 aromatic heterocycles. The minimum atomic E-state index is -0.311. The lowest BCUT2D eigenvalue weighted by atomic mass is 10.1. The van der Waals surface area contributed by atoms with Crippen molar-refractivity contribution in [2.75, 3.05) is 0 Å². The van der Waals surface area contributed by atoms with Gasteiger partial charge in [-0.25, -0.2) is 0 Å². The fourth-order valence-electron chi connectivity index (χ4n) is 1.74. The molecule has 4 nitrogen and oxygen atoms in total. The van der Waals surface area contributed by atoms with Gasteiger partial charge >= 0.3 is 0 Å². The summed E-state index contributed by atoms with van der Waals surface area (Å²) in [6.45, 7) is 1.88. The van der Waals surface area contributed by atoms with Crippen LogP contribution < -0.4 is 10.5 Å². The smallest absolute Gasteiger partial charge is 0.155 e. The van der Waals surface area contributed by atoms with E-state index in [0.29, 0.717) is 11.3 Å². The van der Waals surface area contributed by atoms with E-state index in [2.05, 4.69) is 11.1 Å².